The number of fused-ring (bicyclic) bond motifs is 1. The Labute approximate surface area is 141 Å². The van der Waals surface area contributed by atoms with Crippen LogP contribution in [0.25, 0.3) is 11.3 Å². The van der Waals surface area contributed by atoms with Crippen LogP contribution in [0.4, 0.5) is 5.95 Å². The van der Waals surface area contributed by atoms with Crippen molar-refractivity contribution in [3.05, 3.63) is 41.1 Å². The third-order valence-electron chi connectivity index (χ3n) is 5.17. The van der Waals surface area contributed by atoms with Crippen LogP contribution < -0.4 is 10.6 Å². The van der Waals surface area contributed by atoms with Crippen molar-refractivity contribution in [1.29, 1.82) is 0 Å². The summed E-state index contributed by atoms with van der Waals surface area (Å²) in [4.78, 5) is 23.4. The Morgan fingerprint density at radius 3 is 2.62 bits per heavy atom. The fourth-order valence-corrected chi connectivity index (χ4v) is 3.81. The van der Waals surface area contributed by atoms with Crippen molar-refractivity contribution in [2.45, 2.75) is 45.1 Å². The summed E-state index contributed by atoms with van der Waals surface area (Å²) in [7, 11) is 0. The fraction of sp³-hybridized carbons (Fsp3) is 0.421. The van der Waals surface area contributed by atoms with Gasteiger partial charge in [0.25, 0.3) is 0 Å². The van der Waals surface area contributed by atoms with Gasteiger partial charge in [-0.1, -0.05) is 12.1 Å². The van der Waals surface area contributed by atoms with Crippen molar-refractivity contribution < 1.29 is 4.79 Å². The molecule has 1 unspecified atom stereocenters. The number of aryl methyl sites for hydroxylation is 1. The lowest BCUT2D eigenvalue weighted by atomic mass is 10.0. The van der Waals surface area contributed by atoms with Gasteiger partial charge in [-0.2, -0.15) is 0 Å². The molecule has 24 heavy (non-hydrogen) atoms. The van der Waals surface area contributed by atoms with Crippen LogP contribution in [0, 0.1) is 0 Å². The van der Waals surface area contributed by atoms with Gasteiger partial charge in [0, 0.05) is 35.0 Å². The number of aromatic nitrogens is 2. The summed E-state index contributed by atoms with van der Waals surface area (Å²) < 4.78 is 0. The number of carbonyl (C=O) groups is 1. The normalized spacial score (nSPS) is 19.5. The van der Waals surface area contributed by atoms with Crippen LogP contribution in [0.3, 0.4) is 0 Å². The maximum absolute atomic E-state index is 11.3. The van der Waals surface area contributed by atoms with E-state index in [2.05, 4.69) is 11.8 Å². The highest BCUT2D eigenvalue weighted by Crippen LogP contribution is 2.33. The highest BCUT2D eigenvalue weighted by molar-refractivity contribution is 5.93. The highest BCUT2D eigenvalue weighted by atomic mass is 16.1. The number of hydrogen-bond donors (Lipinski definition) is 1. The van der Waals surface area contributed by atoms with Crippen LogP contribution in [0.1, 0.15) is 47.8 Å². The van der Waals surface area contributed by atoms with Gasteiger partial charge in [0.2, 0.25) is 11.9 Å². The molecule has 1 aliphatic heterocycles. The number of carbonyl (C=O) groups excluding carboxylic acids is 1. The second kappa shape index (κ2) is 5.89. The molecule has 1 saturated heterocycles. The van der Waals surface area contributed by atoms with E-state index in [-0.39, 0.29) is 0 Å². The first-order valence-electron chi connectivity index (χ1n) is 8.70. The molecule has 2 N–H and O–H groups in total. The van der Waals surface area contributed by atoms with E-state index in [0.29, 0.717) is 11.6 Å². The van der Waals surface area contributed by atoms with Gasteiger partial charge in [0.1, 0.15) is 0 Å². The summed E-state index contributed by atoms with van der Waals surface area (Å²) in [5, 5.41) is 0. The quantitative estimate of drug-likeness (QED) is 0.943. The van der Waals surface area contributed by atoms with Crippen molar-refractivity contribution in [3.8, 4) is 11.3 Å². The molecule has 1 aromatic heterocycles. The summed E-state index contributed by atoms with van der Waals surface area (Å²) in [6, 6.07) is 7.93. The Morgan fingerprint density at radius 2 is 1.96 bits per heavy atom. The lowest BCUT2D eigenvalue weighted by Crippen LogP contribution is -2.28. The summed E-state index contributed by atoms with van der Waals surface area (Å²) in [5.41, 5.74) is 10.4. The predicted octanol–water partition coefficient (Wildman–Crippen LogP) is 2.72. The Hall–Kier alpha value is -2.43. The van der Waals surface area contributed by atoms with Crippen molar-refractivity contribution in [2.24, 2.45) is 5.73 Å². The molecule has 0 bridgehead atoms. The van der Waals surface area contributed by atoms with Crippen LogP contribution in [0.5, 0.6) is 0 Å². The number of amides is 1. The maximum Gasteiger partial charge on any atom is 0.248 e. The van der Waals surface area contributed by atoms with Crippen molar-refractivity contribution in [3.63, 3.8) is 0 Å². The molecule has 5 heteroatoms. The van der Waals surface area contributed by atoms with Crippen molar-refractivity contribution in [1.82, 2.24) is 9.97 Å². The molecule has 124 valence electrons. The standard InChI is InChI=1S/C19H22N4O/c1-12-4-3-11-23(12)19-21-16-6-2-5-15(16)17(22-19)13-7-9-14(10-8-13)18(20)24/h7-10,12H,2-6,11H2,1H3,(H2,20,24). The third-order valence-corrected chi connectivity index (χ3v) is 5.17. The van der Waals surface area contributed by atoms with Gasteiger partial charge in [-0.15, -0.1) is 0 Å². The maximum atomic E-state index is 11.3. The molecule has 4 rings (SSSR count). The number of rotatable bonds is 3. The second-order valence-electron chi connectivity index (χ2n) is 6.78. The van der Waals surface area contributed by atoms with Crippen LogP contribution in [0.15, 0.2) is 24.3 Å². The van der Waals surface area contributed by atoms with E-state index in [1.165, 1.54) is 24.1 Å². The Bertz CT molecular complexity index is 785. The molecule has 5 nitrogen and oxygen atoms in total. The van der Waals surface area contributed by atoms with Crippen LogP contribution in [-0.2, 0) is 12.8 Å². The largest absolute Gasteiger partial charge is 0.366 e. The number of nitrogens with two attached hydrogens (primary N) is 1. The Morgan fingerprint density at radius 1 is 1.17 bits per heavy atom. The molecular formula is C19H22N4O. The van der Waals surface area contributed by atoms with Crippen LogP contribution in [0.2, 0.25) is 0 Å². The first-order chi connectivity index (χ1) is 11.6. The summed E-state index contributed by atoms with van der Waals surface area (Å²) in [6.07, 6.45) is 5.58. The zero-order valence-corrected chi connectivity index (χ0v) is 14.0. The minimum atomic E-state index is -0.402. The van der Waals surface area contributed by atoms with Gasteiger partial charge in [-0.25, -0.2) is 9.97 Å². The predicted molar refractivity (Wildman–Crippen MR) is 94.1 cm³/mol. The molecule has 1 atom stereocenters. The monoisotopic (exact) mass is 322 g/mol. The van der Waals surface area contributed by atoms with Gasteiger partial charge in [-0.3, -0.25) is 4.79 Å². The molecule has 0 radical (unpaired) electrons. The average Bonchev–Trinajstić information content (AvgIpc) is 3.22. The Kier molecular flexibility index (Phi) is 3.71. The van der Waals surface area contributed by atoms with E-state index in [1.807, 2.05) is 12.1 Å². The second-order valence-corrected chi connectivity index (χ2v) is 6.78. The summed E-state index contributed by atoms with van der Waals surface area (Å²) in [5.74, 6) is 0.454. The van der Waals surface area contributed by atoms with E-state index in [1.54, 1.807) is 12.1 Å². The number of primary amides is 1. The van der Waals surface area contributed by atoms with E-state index < -0.39 is 5.91 Å². The van der Waals surface area contributed by atoms with Gasteiger partial charge >= 0.3 is 0 Å². The van der Waals surface area contributed by atoms with E-state index in [4.69, 9.17) is 15.7 Å². The minimum absolute atomic E-state index is 0.402. The van der Waals surface area contributed by atoms with Crippen LogP contribution >= 0.6 is 0 Å². The summed E-state index contributed by atoms with van der Waals surface area (Å²) >= 11 is 0. The molecule has 1 aliphatic carbocycles. The molecule has 2 aliphatic rings. The number of benzene rings is 1. The van der Waals surface area contributed by atoms with Crippen molar-refractivity contribution in [2.75, 3.05) is 11.4 Å². The lowest BCUT2D eigenvalue weighted by molar-refractivity contribution is 0.100. The summed E-state index contributed by atoms with van der Waals surface area (Å²) in [6.45, 7) is 3.27. The van der Waals surface area contributed by atoms with Crippen molar-refractivity contribution >= 4 is 11.9 Å². The average molecular weight is 322 g/mol. The smallest absolute Gasteiger partial charge is 0.248 e. The van der Waals surface area contributed by atoms with Crippen LogP contribution in [-0.4, -0.2) is 28.5 Å². The van der Waals surface area contributed by atoms with Gasteiger partial charge in [0.15, 0.2) is 0 Å². The molecule has 2 aromatic rings. The minimum Gasteiger partial charge on any atom is -0.366 e. The topological polar surface area (TPSA) is 72.1 Å². The molecule has 1 fully saturated rings. The zero-order chi connectivity index (χ0) is 16.7. The van der Waals surface area contributed by atoms with E-state index in [9.17, 15) is 4.79 Å². The first kappa shape index (κ1) is 15.1. The molecule has 0 saturated carbocycles. The highest BCUT2D eigenvalue weighted by Gasteiger charge is 2.27. The zero-order valence-electron chi connectivity index (χ0n) is 14.0. The van der Waals surface area contributed by atoms with Gasteiger partial charge in [0.05, 0.1) is 5.69 Å². The number of anilines is 1. The van der Waals surface area contributed by atoms with Gasteiger partial charge in [-0.05, 0) is 51.2 Å². The lowest BCUT2D eigenvalue weighted by Gasteiger charge is -2.23. The SMILES string of the molecule is CC1CCCN1c1nc2c(c(-c3ccc(C(N)=O)cc3)n1)CCC2. The van der Waals surface area contributed by atoms with Gasteiger partial charge < -0.3 is 10.6 Å². The molecule has 1 aromatic carbocycles. The van der Waals surface area contributed by atoms with E-state index in [0.717, 1.165) is 43.0 Å². The first-order valence-corrected chi connectivity index (χ1v) is 8.70. The Balaban J connectivity index is 1.79. The molecule has 1 amide bonds. The number of nitrogens with zero attached hydrogens (tertiary/aromatic N) is 3. The fourth-order valence-electron chi connectivity index (χ4n) is 3.81. The van der Waals surface area contributed by atoms with E-state index >= 15 is 0 Å². The molecule has 0 spiro atoms. The third kappa shape index (κ3) is 2.54. The molecular weight excluding hydrogens is 300 g/mol. The number of hydrogen-bond acceptors (Lipinski definition) is 4. The molecule has 2 heterocycles.